The number of rotatable bonds is 6. The topological polar surface area (TPSA) is 58.6 Å². The molecule has 2 amide bonds. The number of likely N-dealkylation sites (N-methyl/N-ethyl adjacent to an activating group) is 1. The van der Waals surface area contributed by atoms with Crippen molar-refractivity contribution in [1.82, 2.24) is 4.90 Å². The van der Waals surface area contributed by atoms with Crippen molar-refractivity contribution < 1.29 is 14.3 Å². The van der Waals surface area contributed by atoms with E-state index in [0.29, 0.717) is 10.0 Å². The molecule has 0 saturated heterocycles. The average molecular weight is 471 g/mol. The monoisotopic (exact) mass is 468 g/mol. The van der Waals surface area contributed by atoms with Gasteiger partial charge in [-0.25, -0.2) is 0 Å². The Morgan fingerprint density at radius 2 is 1.56 bits per heavy atom. The number of carbonyl (C=O) groups excluding carboxylic acids is 2. The fraction of sp³-hybridized carbons (Fsp3) is 0.176. The molecule has 0 heterocycles. The molecule has 0 spiro atoms. The van der Waals surface area contributed by atoms with E-state index in [1.165, 1.54) is 24.1 Å². The van der Waals surface area contributed by atoms with Gasteiger partial charge in [0, 0.05) is 13.1 Å². The predicted molar refractivity (Wildman–Crippen MR) is 110 cm³/mol. The quantitative estimate of drug-likeness (QED) is 0.573. The van der Waals surface area contributed by atoms with Crippen molar-refractivity contribution in [3.63, 3.8) is 0 Å². The minimum atomic E-state index is -0.464. The first-order valence-corrected chi connectivity index (χ1v) is 9.33. The van der Waals surface area contributed by atoms with E-state index in [2.05, 4.69) is 5.32 Å². The van der Waals surface area contributed by atoms with Gasteiger partial charge in [-0.15, -0.1) is 0 Å². The highest BCUT2D eigenvalue weighted by Gasteiger charge is 2.17. The minimum absolute atomic E-state index is 0.208. The molecule has 10 heteroatoms. The first-order valence-electron chi connectivity index (χ1n) is 7.44. The summed E-state index contributed by atoms with van der Waals surface area (Å²) in [4.78, 5) is 25.5. The maximum atomic E-state index is 12.2. The second kappa shape index (κ2) is 9.71. The lowest BCUT2D eigenvalue weighted by Gasteiger charge is -2.18. The smallest absolute Gasteiger partial charge is 0.260 e. The van der Waals surface area contributed by atoms with Crippen LogP contribution in [0.2, 0.25) is 25.1 Å². The number of halogens is 5. The number of nitrogens with one attached hydrogen (secondary N) is 1. The molecule has 2 aromatic carbocycles. The standard InChI is InChI=1S/C17H13Cl5N2O3/c1-24(7-15(25)23-17-9(18)3-2-4-10(17)19)16(26)8-27-14-6-12(21)11(20)5-13(14)22/h2-6H,7-8H2,1H3,(H,23,25). The van der Waals surface area contributed by atoms with Gasteiger partial charge in [0.15, 0.2) is 6.61 Å². The van der Waals surface area contributed by atoms with Crippen LogP contribution in [0, 0.1) is 0 Å². The summed E-state index contributed by atoms with van der Waals surface area (Å²) in [5, 5.41) is 3.89. The molecule has 2 rings (SSSR count). The van der Waals surface area contributed by atoms with Crippen LogP contribution in [0.25, 0.3) is 0 Å². The number of benzene rings is 2. The summed E-state index contributed by atoms with van der Waals surface area (Å²) in [5.74, 6) is -0.703. The van der Waals surface area contributed by atoms with Gasteiger partial charge in [0.25, 0.3) is 5.91 Å². The molecular weight excluding hydrogens is 457 g/mol. The number of amides is 2. The first kappa shape index (κ1) is 21.9. The maximum absolute atomic E-state index is 12.2. The van der Waals surface area contributed by atoms with Gasteiger partial charge in [-0.05, 0) is 18.2 Å². The molecule has 0 aromatic heterocycles. The predicted octanol–water partition coefficient (Wildman–Crippen LogP) is 5.43. The molecular formula is C17H13Cl5N2O3. The second-order valence-electron chi connectivity index (χ2n) is 5.38. The molecule has 2 aromatic rings. The molecule has 27 heavy (non-hydrogen) atoms. The molecule has 0 unspecified atom stereocenters. The second-order valence-corrected chi connectivity index (χ2v) is 7.42. The molecule has 1 N–H and O–H groups in total. The number of ether oxygens (including phenoxy) is 1. The van der Waals surface area contributed by atoms with E-state index >= 15 is 0 Å². The van der Waals surface area contributed by atoms with Gasteiger partial charge in [-0.3, -0.25) is 9.59 Å². The zero-order chi connectivity index (χ0) is 20.1. The summed E-state index contributed by atoms with van der Waals surface area (Å²) in [5.41, 5.74) is 0.283. The van der Waals surface area contributed by atoms with E-state index < -0.39 is 11.8 Å². The van der Waals surface area contributed by atoms with Crippen LogP contribution in [0.5, 0.6) is 5.75 Å². The molecule has 0 saturated carbocycles. The number of carbonyl (C=O) groups is 2. The third kappa shape index (κ3) is 6.06. The van der Waals surface area contributed by atoms with Crippen LogP contribution in [0.15, 0.2) is 30.3 Å². The largest absolute Gasteiger partial charge is 0.482 e. The van der Waals surface area contributed by atoms with E-state index in [9.17, 15) is 9.59 Å². The minimum Gasteiger partial charge on any atom is -0.482 e. The molecule has 144 valence electrons. The van der Waals surface area contributed by atoms with Crippen molar-refractivity contribution in [2.24, 2.45) is 0 Å². The normalized spacial score (nSPS) is 10.4. The van der Waals surface area contributed by atoms with Crippen molar-refractivity contribution >= 4 is 75.5 Å². The van der Waals surface area contributed by atoms with Gasteiger partial charge in [0.1, 0.15) is 5.75 Å². The SMILES string of the molecule is CN(CC(=O)Nc1c(Cl)cccc1Cl)C(=O)COc1cc(Cl)c(Cl)cc1Cl. The van der Waals surface area contributed by atoms with Crippen molar-refractivity contribution in [1.29, 1.82) is 0 Å². The van der Waals surface area contributed by atoms with Gasteiger partial charge in [0.05, 0.1) is 37.3 Å². The number of nitrogens with zero attached hydrogens (tertiary/aromatic N) is 1. The van der Waals surface area contributed by atoms with E-state index in [4.69, 9.17) is 62.7 Å². The Kier molecular flexibility index (Phi) is 7.89. The Morgan fingerprint density at radius 3 is 2.19 bits per heavy atom. The van der Waals surface area contributed by atoms with Gasteiger partial charge in [-0.1, -0.05) is 64.1 Å². The first-order chi connectivity index (χ1) is 12.7. The highest BCUT2D eigenvalue weighted by atomic mass is 35.5. The number of anilines is 1. The highest BCUT2D eigenvalue weighted by molar-refractivity contribution is 6.43. The zero-order valence-corrected chi connectivity index (χ0v) is 17.6. The fourth-order valence-electron chi connectivity index (χ4n) is 1.96. The average Bonchev–Trinajstić information content (AvgIpc) is 2.60. The van der Waals surface area contributed by atoms with E-state index in [0.717, 1.165) is 0 Å². The lowest BCUT2D eigenvalue weighted by molar-refractivity contribution is -0.135. The van der Waals surface area contributed by atoms with E-state index in [1.807, 2.05) is 0 Å². The van der Waals surface area contributed by atoms with Gasteiger partial charge in [-0.2, -0.15) is 0 Å². The maximum Gasteiger partial charge on any atom is 0.260 e. The van der Waals surface area contributed by atoms with Crippen molar-refractivity contribution in [3.8, 4) is 5.75 Å². The van der Waals surface area contributed by atoms with Crippen molar-refractivity contribution in [2.45, 2.75) is 0 Å². The van der Waals surface area contributed by atoms with Crippen molar-refractivity contribution in [2.75, 3.05) is 25.5 Å². The highest BCUT2D eigenvalue weighted by Crippen LogP contribution is 2.34. The number of hydrogen-bond donors (Lipinski definition) is 1. The van der Waals surface area contributed by atoms with Gasteiger partial charge < -0.3 is 15.0 Å². The summed E-state index contributed by atoms with van der Waals surface area (Å²) in [6.07, 6.45) is 0. The van der Waals surface area contributed by atoms with Crippen LogP contribution in [0.1, 0.15) is 0 Å². The summed E-state index contributed by atoms with van der Waals surface area (Å²) in [6.45, 7) is -0.562. The van der Waals surface area contributed by atoms with Gasteiger partial charge >= 0.3 is 0 Å². The summed E-state index contributed by atoms with van der Waals surface area (Å²) < 4.78 is 5.35. The number of hydrogen-bond acceptors (Lipinski definition) is 3. The Labute approximate surface area is 181 Å². The zero-order valence-electron chi connectivity index (χ0n) is 13.9. The molecule has 0 aliphatic heterocycles. The number of para-hydroxylation sites is 1. The fourth-order valence-corrected chi connectivity index (χ4v) is 3.05. The van der Waals surface area contributed by atoms with Crippen molar-refractivity contribution in [3.05, 3.63) is 55.4 Å². The Bertz CT molecular complexity index is 856. The van der Waals surface area contributed by atoms with E-state index in [1.54, 1.807) is 18.2 Å². The lowest BCUT2D eigenvalue weighted by Crippen LogP contribution is -2.37. The van der Waals surface area contributed by atoms with E-state index in [-0.39, 0.29) is 39.7 Å². The third-order valence-corrected chi connectivity index (χ3v) is 5.01. The van der Waals surface area contributed by atoms with Crippen LogP contribution in [-0.2, 0) is 9.59 Å². The van der Waals surface area contributed by atoms with Gasteiger partial charge in [0.2, 0.25) is 5.91 Å². The van der Waals surface area contributed by atoms with Crippen LogP contribution in [-0.4, -0.2) is 36.9 Å². The Hall–Kier alpha value is -1.37. The molecule has 0 aliphatic carbocycles. The molecule has 0 bridgehead atoms. The molecule has 5 nitrogen and oxygen atoms in total. The Balaban J connectivity index is 1.92. The molecule has 0 atom stereocenters. The van der Waals surface area contributed by atoms with Crippen LogP contribution >= 0.6 is 58.0 Å². The summed E-state index contributed by atoms with van der Waals surface area (Å²) >= 11 is 29.7. The molecule has 0 aliphatic rings. The van der Waals surface area contributed by atoms with Crippen LogP contribution in [0.3, 0.4) is 0 Å². The lowest BCUT2D eigenvalue weighted by atomic mass is 10.3. The third-order valence-electron chi connectivity index (χ3n) is 3.36. The Morgan fingerprint density at radius 1 is 0.963 bits per heavy atom. The van der Waals surface area contributed by atoms with Crippen LogP contribution < -0.4 is 10.1 Å². The summed E-state index contributed by atoms with van der Waals surface area (Å²) in [7, 11) is 1.45. The molecule has 0 fully saturated rings. The summed E-state index contributed by atoms with van der Waals surface area (Å²) in [6, 6.07) is 7.66. The van der Waals surface area contributed by atoms with Crippen LogP contribution in [0.4, 0.5) is 5.69 Å². The molecule has 0 radical (unpaired) electrons.